The Morgan fingerprint density at radius 3 is 1.21 bits per heavy atom. The first-order chi connectivity index (χ1) is 15.5. The molecule has 0 aliphatic heterocycles. The van der Waals surface area contributed by atoms with Gasteiger partial charge in [-0.1, -0.05) is 38.1 Å². The second kappa shape index (κ2) is 13.9. The lowest BCUT2D eigenvalue weighted by molar-refractivity contribution is -0.138. The molecule has 0 saturated heterocycles. The topological polar surface area (TPSA) is 235 Å². The third-order valence-electron chi connectivity index (χ3n) is 4.25. The summed E-state index contributed by atoms with van der Waals surface area (Å²) >= 11 is 0. The molecule has 8 N–H and O–H groups in total. The maximum Gasteiger partial charge on any atom is 0.303 e. The van der Waals surface area contributed by atoms with E-state index in [2.05, 4.69) is 0 Å². The quantitative estimate of drug-likeness (QED) is 0.270. The molecule has 2 rings (SSSR count). The van der Waals surface area contributed by atoms with Crippen molar-refractivity contribution in [1.82, 2.24) is 0 Å². The Morgan fingerprint density at radius 2 is 1.03 bits per heavy atom. The summed E-state index contributed by atoms with van der Waals surface area (Å²) in [5.74, 6) is -1.34. The summed E-state index contributed by atoms with van der Waals surface area (Å²) in [4.78, 5) is 19.0. The normalized spacial score (nSPS) is 13.0. The van der Waals surface area contributed by atoms with Gasteiger partial charge in [0.1, 0.15) is 9.79 Å². The number of benzene rings is 2. The van der Waals surface area contributed by atoms with Gasteiger partial charge < -0.3 is 21.7 Å². The van der Waals surface area contributed by atoms with Crippen molar-refractivity contribution < 1.29 is 45.7 Å². The molecule has 2 aromatic carbocycles. The highest BCUT2D eigenvalue weighted by atomic mass is 32.2. The second-order valence-corrected chi connectivity index (χ2v) is 10.2. The van der Waals surface area contributed by atoms with E-state index >= 15 is 0 Å². The van der Waals surface area contributed by atoms with Crippen LogP contribution >= 0.6 is 0 Å². The zero-order chi connectivity index (χ0) is 26.7. The van der Waals surface area contributed by atoms with Crippen LogP contribution in [0.3, 0.4) is 0 Å². The average Bonchev–Trinajstić information content (AvgIpc) is 2.71. The molecular weight excluding hydrogens is 492 g/mol. The van der Waals surface area contributed by atoms with Crippen molar-refractivity contribution >= 4 is 42.9 Å². The van der Waals surface area contributed by atoms with Crippen LogP contribution in [0.15, 0.2) is 46.2 Å². The van der Waals surface area contributed by atoms with E-state index in [0.717, 1.165) is 12.1 Å². The van der Waals surface area contributed by atoms with Gasteiger partial charge in [-0.25, -0.2) is 0 Å². The van der Waals surface area contributed by atoms with Gasteiger partial charge in [-0.15, -0.1) is 0 Å². The van der Waals surface area contributed by atoms with Gasteiger partial charge in [-0.05, 0) is 37.1 Å². The van der Waals surface area contributed by atoms with Crippen LogP contribution in [-0.2, 0) is 29.8 Å². The van der Waals surface area contributed by atoms with Gasteiger partial charge in [-0.3, -0.25) is 18.7 Å². The first-order valence-electron chi connectivity index (χ1n) is 9.84. The summed E-state index contributed by atoms with van der Waals surface area (Å²) in [6.45, 7) is 4.53. The fourth-order valence-electron chi connectivity index (χ4n) is 2.47. The van der Waals surface area contributed by atoms with Crippen LogP contribution in [0.25, 0.3) is 10.8 Å². The molecule has 0 aromatic heterocycles. The first-order valence-corrected chi connectivity index (χ1v) is 12.7. The van der Waals surface area contributed by atoms with E-state index in [-0.39, 0.29) is 35.4 Å². The summed E-state index contributed by atoms with van der Waals surface area (Å²) in [6.07, 6.45) is 0.354. The molecule has 0 amide bonds. The van der Waals surface area contributed by atoms with Crippen molar-refractivity contribution in [3.63, 3.8) is 0 Å². The van der Waals surface area contributed by atoms with Crippen LogP contribution in [0.4, 0.5) is 0 Å². The van der Waals surface area contributed by atoms with E-state index < -0.39 is 42.0 Å². The van der Waals surface area contributed by atoms with Crippen molar-refractivity contribution in [1.29, 1.82) is 0 Å². The van der Waals surface area contributed by atoms with Gasteiger partial charge in [0, 0.05) is 23.6 Å². The van der Waals surface area contributed by atoms with E-state index in [1.807, 2.05) is 13.8 Å². The Kier molecular flexibility index (Phi) is 12.9. The molecule has 0 spiro atoms. The molecule has 2 aromatic rings. The molecular formula is C20H30N2O10S2. The molecule has 0 fully saturated rings. The molecule has 12 nitrogen and oxygen atoms in total. The van der Waals surface area contributed by atoms with Crippen molar-refractivity contribution in [3.8, 4) is 0 Å². The fourth-order valence-corrected chi connectivity index (χ4v) is 3.88. The predicted octanol–water partition coefficient (Wildman–Crippen LogP) is 1.45. The molecule has 0 radical (unpaired) electrons. The lowest BCUT2D eigenvalue weighted by Gasteiger charge is -2.06. The number of hydrogen-bond acceptors (Lipinski definition) is 8. The average molecular weight is 523 g/mol. The Labute approximate surface area is 198 Å². The molecule has 0 heterocycles. The van der Waals surface area contributed by atoms with E-state index in [0.29, 0.717) is 13.1 Å². The number of nitrogens with two attached hydrogens (primary N) is 2. The molecule has 0 saturated carbocycles. The first kappa shape index (κ1) is 31.4. The number of carboxylic acid groups (broad SMARTS) is 2. The monoisotopic (exact) mass is 522 g/mol. The summed E-state index contributed by atoms with van der Waals surface area (Å²) < 4.78 is 62.7. The summed E-state index contributed by atoms with van der Waals surface area (Å²) in [5.41, 5.74) is 10.3. The maximum absolute atomic E-state index is 11.2. The Bertz CT molecular complexity index is 1090. The van der Waals surface area contributed by atoms with E-state index in [1.54, 1.807) is 0 Å². The number of fused-ring (bicyclic) bond motifs is 1. The van der Waals surface area contributed by atoms with Crippen LogP contribution in [-0.4, -0.2) is 61.2 Å². The van der Waals surface area contributed by atoms with E-state index in [4.69, 9.17) is 30.8 Å². The minimum absolute atomic E-state index is 0.0233. The van der Waals surface area contributed by atoms with Gasteiger partial charge >= 0.3 is 11.9 Å². The number of rotatable bonds is 8. The number of hydrogen-bond donors (Lipinski definition) is 6. The molecule has 0 aliphatic rings. The highest BCUT2D eigenvalue weighted by molar-refractivity contribution is 7.86. The molecule has 192 valence electrons. The minimum atomic E-state index is -4.47. The van der Waals surface area contributed by atoms with Crippen molar-refractivity contribution in [2.75, 3.05) is 13.1 Å². The van der Waals surface area contributed by atoms with Crippen LogP contribution in [0.5, 0.6) is 0 Å². The lowest BCUT2D eigenvalue weighted by atomic mass is 10.1. The molecule has 0 aliphatic carbocycles. The number of carbonyl (C=O) groups is 2. The van der Waals surface area contributed by atoms with Crippen LogP contribution in [0.2, 0.25) is 0 Å². The lowest BCUT2D eigenvalue weighted by Crippen LogP contribution is -2.14. The SMILES string of the molecule is C[C@@H](CN)CC(=O)O.C[C@@H](CN)CC(=O)O.O=S(=O)(O)c1cccc2c(S(=O)(=O)O)cccc12. The number of carboxylic acids is 2. The Hall–Kier alpha value is -2.62. The molecule has 14 heteroatoms. The van der Waals surface area contributed by atoms with Crippen molar-refractivity contribution in [2.45, 2.75) is 36.5 Å². The molecule has 0 bridgehead atoms. The Balaban J connectivity index is 0.000000570. The Morgan fingerprint density at radius 1 is 0.735 bits per heavy atom. The van der Waals surface area contributed by atoms with Gasteiger partial charge in [0.25, 0.3) is 20.2 Å². The standard InChI is InChI=1S/C10H8O6S2.2C5H11NO2/c11-17(12,13)9-5-1-3-7-8(9)4-2-6-10(7)18(14,15)16;2*1-4(3-6)2-5(7)8/h1-6H,(H,11,12,13)(H,14,15,16);2*4H,2-3,6H2,1H3,(H,7,8)/t;2*4-/m.11/s1. The maximum atomic E-state index is 11.2. The predicted molar refractivity (Wildman–Crippen MR) is 125 cm³/mol. The van der Waals surface area contributed by atoms with Gasteiger partial charge in [0.05, 0.1) is 0 Å². The summed E-state index contributed by atoms with van der Waals surface area (Å²) in [6, 6.07) is 7.53. The fraction of sp³-hybridized carbons (Fsp3) is 0.400. The number of aliphatic carboxylic acids is 2. The van der Waals surface area contributed by atoms with Gasteiger partial charge in [0.15, 0.2) is 0 Å². The van der Waals surface area contributed by atoms with Crippen LogP contribution in [0.1, 0.15) is 26.7 Å². The summed E-state index contributed by atoms with van der Waals surface area (Å²) in [5, 5.41) is 16.4. The van der Waals surface area contributed by atoms with Gasteiger partial charge in [0.2, 0.25) is 0 Å². The van der Waals surface area contributed by atoms with Crippen molar-refractivity contribution in [2.24, 2.45) is 23.3 Å². The highest BCUT2D eigenvalue weighted by Gasteiger charge is 2.19. The van der Waals surface area contributed by atoms with Crippen LogP contribution in [0, 0.1) is 11.8 Å². The molecule has 0 unspecified atom stereocenters. The zero-order valence-electron chi connectivity index (χ0n) is 18.7. The highest BCUT2D eigenvalue weighted by Crippen LogP contribution is 2.27. The minimum Gasteiger partial charge on any atom is -0.481 e. The van der Waals surface area contributed by atoms with Crippen molar-refractivity contribution in [3.05, 3.63) is 36.4 Å². The third kappa shape index (κ3) is 11.5. The largest absolute Gasteiger partial charge is 0.481 e. The molecule has 2 atom stereocenters. The van der Waals surface area contributed by atoms with E-state index in [9.17, 15) is 26.4 Å². The molecule has 34 heavy (non-hydrogen) atoms. The van der Waals surface area contributed by atoms with Crippen LogP contribution < -0.4 is 11.5 Å². The summed E-state index contributed by atoms with van der Waals surface area (Å²) in [7, 11) is -8.94. The van der Waals surface area contributed by atoms with E-state index in [1.165, 1.54) is 24.3 Å². The van der Waals surface area contributed by atoms with Gasteiger partial charge in [-0.2, -0.15) is 16.8 Å². The second-order valence-electron chi connectivity index (χ2n) is 7.44. The third-order valence-corrected chi connectivity index (χ3v) is 6.07. The smallest absolute Gasteiger partial charge is 0.303 e. The zero-order valence-corrected chi connectivity index (χ0v) is 20.3.